The molecule has 1 unspecified atom stereocenters. The minimum Gasteiger partial charge on any atom is -0.460 e. The number of carbonyl (C=O) groups is 1. The maximum atomic E-state index is 12.5. The number of hydrogen-bond donors (Lipinski definition) is 0. The minimum absolute atomic E-state index is 0.0409. The molecule has 1 atom stereocenters. The molecule has 204 valence electrons. The summed E-state index contributed by atoms with van der Waals surface area (Å²) < 4.78 is 15.4. The van der Waals surface area contributed by atoms with Gasteiger partial charge in [-0.15, -0.1) is 0 Å². The zero-order valence-corrected chi connectivity index (χ0v) is 23.1. The van der Waals surface area contributed by atoms with E-state index in [0.29, 0.717) is 35.5 Å². The fourth-order valence-corrected chi connectivity index (χ4v) is 8.13. The molecule has 15 heteroatoms. The average Bonchev–Trinajstić information content (AvgIpc) is 3.25. The molecule has 1 aromatic heterocycles. The predicted octanol–water partition coefficient (Wildman–Crippen LogP) is 4.25. The van der Waals surface area contributed by atoms with E-state index in [2.05, 4.69) is 9.77 Å². The average molecular weight is 573 g/mol. The van der Waals surface area contributed by atoms with Crippen molar-refractivity contribution in [2.75, 3.05) is 19.7 Å². The van der Waals surface area contributed by atoms with Gasteiger partial charge < -0.3 is 9.26 Å². The fourth-order valence-electron chi connectivity index (χ4n) is 4.10. The number of ether oxygens (including phenoxy) is 1. The maximum Gasteiger partial charge on any atom is 0.338 e. The molecule has 4 rings (SSSR count). The number of nitrogens with zero attached hydrogens (tertiary/aromatic N) is 6. The van der Waals surface area contributed by atoms with Crippen LogP contribution in [0.1, 0.15) is 35.5 Å². The normalized spacial score (nSPS) is 16.3. The quantitative estimate of drug-likeness (QED) is 0.149. The third kappa shape index (κ3) is 5.58. The van der Waals surface area contributed by atoms with Gasteiger partial charge in [0.25, 0.3) is 11.4 Å². The Morgan fingerprint density at radius 3 is 2.15 bits per heavy atom. The van der Waals surface area contributed by atoms with Crippen LogP contribution in [0.2, 0.25) is 0 Å². The van der Waals surface area contributed by atoms with Gasteiger partial charge in [-0.1, -0.05) is 13.8 Å². The summed E-state index contributed by atoms with van der Waals surface area (Å²) >= 11 is 6.16. The molecule has 0 radical (unpaired) electrons. The molecule has 1 aliphatic rings. The summed E-state index contributed by atoms with van der Waals surface area (Å²) in [5, 5.41) is 27.3. The second-order valence-corrected chi connectivity index (χ2v) is 12.1. The van der Waals surface area contributed by atoms with Crippen molar-refractivity contribution < 1.29 is 23.9 Å². The summed E-state index contributed by atoms with van der Waals surface area (Å²) in [4.78, 5) is 38.1. The molecule has 2 aromatic carbocycles. The molecular formula is C24H25N6O7PS. The van der Waals surface area contributed by atoms with Crippen LogP contribution in [0.25, 0.3) is 0 Å². The van der Waals surface area contributed by atoms with E-state index in [1.54, 1.807) is 16.8 Å². The van der Waals surface area contributed by atoms with Crippen LogP contribution in [0, 0.1) is 27.2 Å². The van der Waals surface area contributed by atoms with Crippen molar-refractivity contribution in [1.29, 1.82) is 0 Å². The molecule has 0 saturated carbocycles. The molecule has 0 bridgehead atoms. The summed E-state index contributed by atoms with van der Waals surface area (Å²) in [6.07, 6.45) is -2.84. The van der Waals surface area contributed by atoms with Crippen LogP contribution < -0.4 is 5.30 Å². The molecule has 1 aliphatic heterocycles. The number of esters is 1. The number of nitro benzene ring substituents is 2. The van der Waals surface area contributed by atoms with E-state index in [9.17, 15) is 25.0 Å². The number of carbonyl (C=O) groups excluding carboxylic acids is 1. The largest absolute Gasteiger partial charge is 0.460 e. The van der Waals surface area contributed by atoms with Crippen LogP contribution in [-0.4, -0.2) is 55.9 Å². The second kappa shape index (κ2) is 11.4. The number of aliphatic imine (C=N–C) groups is 1. The van der Waals surface area contributed by atoms with E-state index in [1.807, 2.05) is 20.8 Å². The van der Waals surface area contributed by atoms with Gasteiger partial charge >= 0.3 is 5.97 Å². The third-order valence-electron chi connectivity index (χ3n) is 6.05. The Morgan fingerprint density at radius 1 is 1.05 bits per heavy atom. The molecule has 2 heterocycles. The van der Waals surface area contributed by atoms with E-state index in [1.165, 1.54) is 36.4 Å². The fraction of sp³-hybridized carbons (Fsp3) is 0.292. The lowest BCUT2D eigenvalue weighted by molar-refractivity contribution is -0.385. The van der Waals surface area contributed by atoms with E-state index in [-0.39, 0.29) is 36.0 Å². The van der Waals surface area contributed by atoms with Gasteiger partial charge in [0.15, 0.2) is 5.82 Å². The van der Waals surface area contributed by atoms with Crippen molar-refractivity contribution >= 4 is 52.6 Å². The van der Waals surface area contributed by atoms with Gasteiger partial charge in [0.1, 0.15) is 11.9 Å². The standard InChI is InChI=1S/C24H25N6O7PS/c1-4-27(5-2)38(39)21-16(3)26-28(14-15-36-24(31)18-8-12-20(13-9-18)30(34)35)22(21)25-23(37-38)17-6-10-19(11-7-17)29(32)33/h6-13H,4-5,14-15H2,1-3H3. The molecule has 39 heavy (non-hydrogen) atoms. The lowest BCUT2D eigenvalue weighted by Gasteiger charge is -2.35. The molecule has 0 spiro atoms. The van der Waals surface area contributed by atoms with Crippen LogP contribution >= 0.6 is 6.42 Å². The predicted molar refractivity (Wildman–Crippen MR) is 148 cm³/mol. The number of nitro groups is 2. The van der Waals surface area contributed by atoms with Crippen molar-refractivity contribution in [1.82, 2.24) is 14.5 Å². The topological polar surface area (TPSA) is 155 Å². The third-order valence-corrected chi connectivity index (χ3v) is 10.3. The summed E-state index contributed by atoms with van der Waals surface area (Å²) in [5.74, 6) is 0.0830. The van der Waals surface area contributed by atoms with Gasteiger partial charge in [-0.05, 0) is 43.0 Å². The Balaban J connectivity index is 1.64. The zero-order chi connectivity index (χ0) is 28.3. The van der Waals surface area contributed by atoms with Gasteiger partial charge in [0.05, 0.1) is 27.6 Å². The number of fused-ring (bicyclic) bond motifs is 1. The smallest absolute Gasteiger partial charge is 0.338 e. The molecule has 0 aliphatic carbocycles. The maximum absolute atomic E-state index is 12.5. The van der Waals surface area contributed by atoms with Crippen LogP contribution in [0.4, 0.5) is 17.2 Å². The van der Waals surface area contributed by atoms with Crippen LogP contribution in [0.5, 0.6) is 0 Å². The summed E-state index contributed by atoms with van der Waals surface area (Å²) in [6, 6.07) is 11.0. The molecule has 3 aromatic rings. The van der Waals surface area contributed by atoms with Crippen LogP contribution in [-0.2, 0) is 27.6 Å². The number of aryl methyl sites for hydroxylation is 1. The minimum atomic E-state index is -2.84. The first-order valence-electron chi connectivity index (χ1n) is 12.0. The Hall–Kier alpha value is -4.00. The van der Waals surface area contributed by atoms with Crippen LogP contribution in [0.15, 0.2) is 53.5 Å². The van der Waals surface area contributed by atoms with E-state index < -0.39 is 22.2 Å². The first kappa shape index (κ1) is 28.0. The number of non-ortho nitro benzene ring substituents is 2. The van der Waals surface area contributed by atoms with Gasteiger partial charge in [0, 0.05) is 42.9 Å². The van der Waals surface area contributed by atoms with Gasteiger partial charge in [-0.2, -0.15) is 10.1 Å². The summed E-state index contributed by atoms with van der Waals surface area (Å²) in [7, 11) is 0. The van der Waals surface area contributed by atoms with Gasteiger partial charge in [0.2, 0.25) is 12.3 Å². The summed E-state index contributed by atoms with van der Waals surface area (Å²) in [5.41, 5.74) is 1.17. The molecule has 0 fully saturated rings. The SMILES string of the molecule is CCN(CC)P1(=S)OC(c2ccc([N+](=O)[O-])cc2)=Nc2c1c(C)nn2CCOC(=O)c1ccc([N+](=O)[O-])cc1. The summed E-state index contributed by atoms with van der Waals surface area (Å²) in [6.45, 7) is 7.15. The lowest BCUT2D eigenvalue weighted by Crippen LogP contribution is -2.32. The Labute approximate surface area is 228 Å². The van der Waals surface area contributed by atoms with Gasteiger partial charge in [-0.25, -0.2) is 14.1 Å². The van der Waals surface area contributed by atoms with Crippen molar-refractivity contribution in [2.45, 2.75) is 27.3 Å². The van der Waals surface area contributed by atoms with Crippen molar-refractivity contribution in [3.63, 3.8) is 0 Å². The highest BCUT2D eigenvalue weighted by Crippen LogP contribution is 2.55. The van der Waals surface area contributed by atoms with Crippen molar-refractivity contribution in [3.8, 4) is 0 Å². The number of hydrogen-bond acceptors (Lipinski definition) is 10. The monoisotopic (exact) mass is 572 g/mol. The zero-order valence-electron chi connectivity index (χ0n) is 21.3. The van der Waals surface area contributed by atoms with E-state index in [0.717, 1.165) is 0 Å². The number of rotatable bonds is 10. The second-order valence-electron chi connectivity index (χ2n) is 8.39. The van der Waals surface area contributed by atoms with E-state index in [4.69, 9.17) is 26.1 Å². The van der Waals surface area contributed by atoms with Crippen molar-refractivity contribution in [3.05, 3.63) is 85.6 Å². The van der Waals surface area contributed by atoms with E-state index >= 15 is 0 Å². The molecular weight excluding hydrogens is 547 g/mol. The highest BCUT2D eigenvalue weighted by molar-refractivity contribution is 8.15. The highest BCUT2D eigenvalue weighted by Gasteiger charge is 2.40. The highest BCUT2D eigenvalue weighted by atomic mass is 32.4. The number of aromatic nitrogens is 2. The number of benzene rings is 2. The first-order valence-corrected chi connectivity index (χ1v) is 14.6. The molecule has 13 nitrogen and oxygen atoms in total. The lowest BCUT2D eigenvalue weighted by atomic mass is 10.2. The Bertz CT molecular complexity index is 1500. The molecule has 0 N–H and O–H groups in total. The van der Waals surface area contributed by atoms with Crippen LogP contribution in [0.3, 0.4) is 0 Å². The first-order chi connectivity index (χ1) is 18.6. The molecule has 0 amide bonds. The molecule has 0 saturated heterocycles. The van der Waals surface area contributed by atoms with Crippen molar-refractivity contribution in [2.24, 2.45) is 4.99 Å². The Morgan fingerprint density at radius 2 is 1.62 bits per heavy atom. The Kier molecular flexibility index (Phi) is 8.19. The van der Waals surface area contributed by atoms with Gasteiger partial charge in [-0.3, -0.25) is 20.2 Å².